The number of nitrogens with zero attached hydrogens (tertiary/aromatic N) is 1. The van der Waals surface area contributed by atoms with E-state index < -0.39 is 0 Å². The zero-order valence-corrected chi connectivity index (χ0v) is 13.0. The van der Waals surface area contributed by atoms with Crippen molar-refractivity contribution >= 4 is 0 Å². The van der Waals surface area contributed by atoms with Crippen LogP contribution in [0.4, 0.5) is 0 Å². The van der Waals surface area contributed by atoms with Gasteiger partial charge in [0.15, 0.2) is 0 Å². The molecule has 2 unspecified atom stereocenters. The number of hydrogen-bond donors (Lipinski definition) is 1. The molecule has 3 nitrogen and oxygen atoms in total. The fourth-order valence-electron chi connectivity index (χ4n) is 2.66. The number of rotatable bonds is 7. The third-order valence-electron chi connectivity index (χ3n) is 3.98. The highest BCUT2D eigenvalue weighted by Crippen LogP contribution is 2.23. The maximum Gasteiger partial charge on any atom is 0.0710 e. The van der Waals surface area contributed by atoms with E-state index in [9.17, 15) is 0 Å². The van der Waals surface area contributed by atoms with Crippen molar-refractivity contribution in [2.24, 2.45) is 5.41 Å². The number of ether oxygens (including phenoxy) is 1. The third kappa shape index (κ3) is 5.25. The Morgan fingerprint density at radius 3 is 2.61 bits per heavy atom. The van der Waals surface area contributed by atoms with Crippen molar-refractivity contribution in [3.05, 3.63) is 0 Å². The number of hydrogen-bond acceptors (Lipinski definition) is 3. The summed E-state index contributed by atoms with van der Waals surface area (Å²) in [5, 5.41) is 3.70. The van der Waals surface area contributed by atoms with Crippen molar-refractivity contribution in [1.29, 1.82) is 0 Å². The number of nitrogens with one attached hydrogen (secondary N) is 1. The Kier molecular flexibility index (Phi) is 6.61. The van der Waals surface area contributed by atoms with Crippen molar-refractivity contribution in [3.8, 4) is 0 Å². The summed E-state index contributed by atoms with van der Waals surface area (Å²) >= 11 is 0. The summed E-state index contributed by atoms with van der Waals surface area (Å²) in [7, 11) is 1.83. The van der Waals surface area contributed by atoms with Crippen molar-refractivity contribution in [2.75, 3.05) is 33.3 Å². The van der Waals surface area contributed by atoms with Crippen LogP contribution in [0.25, 0.3) is 0 Å². The van der Waals surface area contributed by atoms with Crippen LogP contribution in [-0.2, 0) is 4.74 Å². The molecular formula is C15H32N2O. The molecule has 1 fully saturated rings. The molecule has 1 saturated heterocycles. The SMILES string of the molecule is CCCNC(CCN1CCC(OC)C1)C(C)(C)C. The van der Waals surface area contributed by atoms with Gasteiger partial charge in [-0.25, -0.2) is 0 Å². The zero-order chi connectivity index (χ0) is 13.6. The molecule has 0 aromatic rings. The topological polar surface area (TPSA) is 24.5 Å². The second-order valence-corrected chi connectivity index (χ2v) is 6.61. The highest BCUT2D eigenvalue weighted by molar-refractivity contribution is 4.83. The van der Waals surface area contributed by atoms with E-state index in [1.165, 1.54) is 32.4 Å². The van der Waals surface area contributed by atoms with Gasteiger partial charge in [0.2, 0.25) is 0 Å². The average molecular weight is 256 g/mol. The van der Waals surface area contributed by atoms with Gasteiger partial charge in [0.25, 0.3) is 0 Å². The molecule has 1 heterocycles. The minimum atomic E-state index is 0.343. The van der Waals surface area contributed by atoms with Gasteiger partial charge in [-0.3, -0.25) is 0 Å². The van der Waals surface area contributed by atoms with Gasteiger partial charge in [-0.1, -0.05) is 27.7 Å². The van der Waals surface area contributed by atoms with Crippen LogP contribution in [0, 0.1) is 5.41 Å². The van der Waals surface area contributed by atoms with Gasteiger partial charge in [-0.2, -0.15) is 0 Å². The van der Waals surface area contributed by atoms with E-state index >= 15 is 0 Å². The smallest absolute Gasteiger partial charge is 0.0710 e. The van der Waals surface area contributed by atoms with Crippen LogP contribution >= 0.6 is 0 Å². The van der Waals surface area contributed by atoms with Crippen molar-refractivity contribution in [1.82, 2.24) is 10.2 Å². The molecule has 1 rings (SSSR count). The lowest BCUT2D eigenvalue weighted by atomic mass is 9.84. The third-order valence-corrected chi connectivity index (χ3v) is 3.98. The van der Waals surface area contributed by atoms with Gasteiger partial charge in [-0.05, 0) is 37.8 Å². The Balaban J connectivity index is 2.33. The summed E-state index contributed by atoms with van der Waals surface area (Å²) in [6.45, 7) is 13.9. The summed E-state index contributed by atoms with van der Waals surface area (Å²) in [5.41, 5.74) is 0.343. The molecule has 0 aromatic heterocycles. The summed E-state index contributed by atoms with van der Waals surface area (Å²) in [4.78, 5) is 2.54. The Morgan fingerprint density at radius 1 is 1.39 bits per heavy atom. The van der Waals surface area contributed by atoms with Gasteiger partial charge >= 0.3 is 0 Å². The van der Waals surface area contributed by atoms with Gasteiger partial charge in [0, 0.05) is 26.2 Å². The predicted molar refractivity (Wildman–Crippen MR) is 78.0 cm³/mol. The van der Waals surface area contributed by atoms with E-state index in [4.69, 9.17) is 4.74 Å². The normalized spacial score (nSPS) is 23.5. The van der Waals surface area contributed by atoms with Crippen molar-refractivity contribution in [2.45, 2.75) is 59.1 Å². The first kappa shape index (κ1) is 15.9. The fourth-order valence-corrected chi connectivity index (χ4v) is 2.66. The van der Waals surface area contributed by atoms with Crippen LogP contribution in [0.3, 0.4) is 0 Å². The molecule has 0 radical (unpaired) electrons. The Morgan fingerprint density at radius 2 is 2.11 bits per heavy atom. The van der Waals surface area contributed by atoms with E-state index in [2.05, 4.69) is 37.9 Å². The monoisotopic (exact) mass is 256 g/mol. The molecule has 0 aliphatic carbocycles. The molecule has 0 aromatic carbocycles. The predicted octanol–water partition coefficient (Wildman–Crippen LogP) is 2.51. The Labute approximate surface area is 113 Å². The molecule has 1 aliphatic rings. The maximum atomic E-state index is 5.42. The van der Waals surface area contributed by atoms with Crippen LogP contribution in [0.1, 0.15) is 47.0 Å². The summed E-state index contributed by atoms with van der Waals surface area (Å²) in [5.74, 6) is 0. The maximum absolute atomic E-state index is 5.42. The van der Waals surface area contributed by atoms with Gasteiger partial charge in [-0.15, -0.1) is 0 Å². The Bertz CT molecular complexity index is 225. The van der Waals surface area contributed by atoms with Crippen molar-refractivity contribution in [3.63, 3.8) is 0 Å². The molecule has 108 valence electrons. The fraction of sp³-hybridized carbons (Fsp3) is 1.00. The molecule has 0 amide bonds. The first-order chi connectivity index (χ1) is 8.47. The molecule has 1 aliphatic heterocycles. The second-order valence-electron chi connectivity index (χ2n) is 6.61. The molecule has 18 heavy (non-hydrogen) atoms. The summed E-state index contributed by atoms with van der Waals surface area (Å²) in [6.07, 6.45) is 4.10. The highest BCUT2D eigenvalue weighted by Gasteiger charge is 2.26. The van der Waals surface area contributed by atoms with Crippen LogP contribution in [0.15, 0.2) is 0 Å². The summed E-state index contributed by atoms with van der Waals surface area (Å²) in [6, 6.07) is 0.610. The van der Waals surface area contributed by atoms with E-state index in [-0.39, 0.29) is 0 Å². The largest absolute Gasteiger partial charge is 0.380 e. The lowest BCUT2D eigenvalue weighted by Gasteiger charge is -2.33. The van der Waals surface area contributed by atoms with Crippen LogP contribution < -0.4 is 5.32 Å². The quantitative estimate of drug-likeness (QED) is 0.757. The van der Waals surface area contributed by atoms with Crippen LogP contribution in [-0.4, -0.2) is 50.3 Å². The van der Waals surface area contributed by atoms with Crippen LogP contribution in [0.2, 0.25) is 0 Å². The van der Waals surface area contributed by atoms with Gasteiger partial charge in [0.1, 0.15) is 0 Å². The first-order valence-electron chi connectivity index (χ1n) is 7.46. The zero-order valence-electron chi connectivity index (χ0n) is 13.0. The van der Waals surface area contributed by atoms with Crippen molar-refractivity contribution < 1.29 is 4.74 Å². The molecule has 0 spiro atoms. The lowest BCUT2D eigenvalue weighted by Crippen LogP contribution is -2.43. The minimum absolute atomic E-state index is 0.343. The standard InChI is InChI=1S/C15H32N2O/c1-6-9-16-14(15(2,3)4)8-11-17-10-7-13(12-17)18-5/h13-14,16H,6-12H2,1-5H3. The van der Waals surface area contributed by atoms with Gasteiger partial charge < -0.3 is 15.0 Å². The molecular weight excluding hydrogens is 224 g/mol. The Hall–Kier alpha value is -0.120. The van der Waals surface area contributed by atoms with Crippen LogP contribution in [0.5, 0.6) is 0 Å². The molecule has 3 heteroatoms. The first-order valence-corrected chi connectivity index (χ1v) is 7.46. The van der Waals surface area contributed by atoms with E-state index in [1.54, 1.807) is 0 Å². The highest BCUT2D eigenvalue weighted by atomic mass is 16.5. The van der Waals surface area contributed by atoms with E-state index in [1.807, 2.05) is 7.11 Å². The molecule has 2 atom stereocenters. The molecule has 0 saturated carbocycles. The molecule has 1 N–H and O–H groups in total. The lowest BCUT2D eigenvalue weighted by molar-refractivity contribution is 0.106. The minimum Gasteiger partial charge on any atom is -0.380 e. The van der Waals surface area contributed by atoms with Gasteiger partial charge in [0.05, 0.1) is 6.10 Å². The average Bonchev–Trinajstić information content (AvgIpc) is 2.75. The van der Waals surface area contributed by atoms with E-state index in [0.29, 0.717) is 17.6 Å². The van der Waals surface area contributed by atoms with E-state index in [0.717, 1.165) is 13.1 Å². The molecule has 0 bridgehead atoms. The number of likely N-dealkylation sites (tertiary alicyclic amines) is 1. The summed E-state index contributed by atoms with van der Waals surface area (Å²) < 4.78 is 5.42. The second kappa shape index (κ2) is 7.46. The number of methoxy groups -OCH3 is 1.